The molecule has 0 aromatic rings. The first-order chi connectivity index (χ1) is 7.88. The van der Waals surface area contributed by atoms with Gasteiger partial charge < -0.3 is 4.74 Å². The van der Waals surface area contributed by atoms with Crippen molar-refractivity contribution in [1.29, 1.82) is 0 Å². The zero-order valence-corrected chi connectivity index (χ0v) is 9.70. The molecule has 0 aromatic heterocycles. The van der Waals surface area contributed by atoms with E-state index in [0.29, 0.717) is 0 Å². The van der Waals surface area contributed by atoms with E-state index < -0.39 is 39.2 Å². The quantitative estimate of drug-likeness (QED) is 0.317. The molecule has 0 amide bonds. The standard InChI is InChI=1S/C8H11ClN2O6/c1-17-8(12)5-2-4(10(13)14)3-6(7(5)9)11(15)16/h4-7H,2-3H2,1H3. The zero-order valence-electron chi connectivity index (χ0n) is 8.95. The van der Waals surface area contributed by atoms with Gasteiger partial charge in [0, 0.05) is 16.3 Å². The largest absolute Gasteiger partial charge is 0.469 e. The van der Waals surface area contributed by atoms with Crippen molar-refractivity contribution in [2.75, 3.05) is 7.11 Å². The number of esters is 1. The lowest BCUT2D eigenvalue weighted by molar-refractivity contribution is -0.568. The SMILES string of the molecule is COC(=O)C1CC([N+](=O)[O-])CC([N+](=O)[O-])C1Cl. The van der Waals surface area contributed by atoms with Crippen molar-refractivity contribution in [2.24, 2.45) is 5.92 Å². The molecule has 0 radical (unpaired) electrons. The summed E-state index contributed by atoms with van der Waals surface area (Å²) in [4.78, 5) is 31.5. The van der Waals surface area contributed by atoms with Crippen LogP contribution in [0.15, 0.2) is 0 Å². The molecule has 17 heavy (non-hydrogen) atoms. The minimum atomic E-state index is -1.30. The molecule has 0 N–H and O–H groups in total. The Labute approximate surface area is 101 Å². The number of rotatable bonds is 3. The molecule has 8 nitrogen and oxygen atoms in total. The molecular weight excluding hydrogens is 256 g/mol. The van der Waals surface area contributed by atoms with Gasteiger partial charge in [-0.25, -0.2) is 0 Å². The van der Waals surface area contributed by atoms with E-state index in [4.69, 9.17) is 11.6 Å². The van der Waals surface area contributed by atoms with E-state index in [-0.39, 0.29) is 12.8 Å². The maximum atomic E-state index is 11.4. The molecule has 0 aromatic carbocycles. The van der Waals surface area contributed by atoms with E-state index in [0.717, 1.165) is 7.11 Å². The number of hydrogen-bond donors (Lipinski definition) is 0. The second-order valence-corrected chi connectivity index (χ2v) is 4.34. The number of carbonyl (C=O) groups is 1. The third-order valence-electron chi connectivity index (χ3n) is 2.86. The number of alkyl halides is 1. The van der Waals surface area contributed by atoms with Gasteiger partial charge >= 0.3 is 5.97 Å². The summed E-state index contributed by atoms with van der Waals surface area (Å²) in [6.45, 7) is 0. The summed E-state index contributed by atoms with van der Waals surface area (Å²) in [5.74, 6) is -1.76. The van der Waals surface area contributed by atoms with Gasteiger partial charge in [0.1, 0.15) is 5.38 Å². The Morgan fingerprint density at radius 1 is 1.29 bits per heavy atom. The van der Waals surface area contributed by atoms with Gasteiger partial charge in [-0.15, -0.1) is 11.6 Å². The number of halogens is 1. The van der Waals surface area contributed by atoms with Crippen molar-refractivity contribution in [3.8, 4) is 0 Å². The summed E-state index contributed by atoms with van der Waals surface area (Å²) in [5.41, 5.74) is 0. The lowest BCUT2D eigenvalue weighted by Crippen LogP contribution is -2.49. The highest BCUT2D eigenvalue weighted by Crippen LogP contribution is 2.32. The Bertz CT molecular complexity index is 349. The molecule has 0 heterocycles. The topological polar surface area (TPSA) is 113 Å². The number of nitro groups is 2. The highest BCUT2D eigenvalue weighted by molar-refractivity contribution is 6.22. The van der Waals surface area contributed by atoms with Crippen LogP contribution < -0.4 is 0 Å². The Morgan fingerprint density at radius 2 is 1.88 bits per heavy atom. The van der Waals surface area contributed by atoms with Gasteiger partial charge in [0.2, 0.25) is 12.1 Å². The normalized spacial score (nSPS) is 32.8. The first-order valence-corrected chi connectivity index (χ1v) is 5.31. The van der Waals surface area contributed by atoms with Crippen LogP contribution in [-0.4, -0.2) is 40.4 Å². The van der Waals surface area contributed by atoms with E-state index in [1.165, 1.54) is 0 Å². The number of nitrogens with zero attached hydrogens (tertiary/aromatic N) is 2. The summed E-state index contributed by atoms with van der Waals surface area (Å²) in [6, 6.07) is -2.44. The molecule has 4 atom stereocenters. The zero-order chi connectivity index (χ0) is 13.2. The minimum Gasteiger partial charge on any atom is -0.469 e. The van der Waals surface area contributed by atoms with Crippen molar-refractivity contribution < 1.29 is 19.4 Å². The monoisotopic (exact) mass is 266 g/mol. The van der Waals surface area contributed by atoms with Gasteiger partial charge in [-0.2, -0.15) is 0 Å². The summed E-state index contributed by atoms with van der Waals surface area (Å²) >= 11 is 5.82. The first kappa shape index (κ1) is 13.6. The number of methoxy groups -OCH3 is 1. The molecular formula is C8H11ClN2O6. The van der Waals surface area contributed by atoms with E-state index in [9.17, 15) is 25.0 Å². The van der Waals surface area contributed by atoms with E-state index in [1.54, 1.807) is 0 Å². The van der Waals surface area contributed by atoms with Crippen LogP contribution in [0.3, 0.4) is 0 Å². The van der Waals surface area contributed by atoms with Crippen LogP contribution in [0.25, 0.3) is 0 Å². The Balaban J connectivity index is 2.93. The number of hydrogen-bond acceptors (Lipinski definition) is 6. The van der Waals surface area contributed by atoms with Crippen molar-refractivity contribution in [2.45, 2.75) is 30.3 Å². The smallest absolute Gasteiger partial charge is 0.310 e. The molecule has 1 rings (SSSR count). The second kappa shape index (κ2) is 5.26. The van der Waals surface area contributed by atoms with E-state index in [2.05, 4.69) is 4.74 Å². The van der Waals surface area contributed by atoms with Crippen molar-refractivity contribution in [3.05, 3.63) is 20.2 Å². The highest BCUT2D eigenvalue weighted by atomic mass is 35.5. The maximum Gasteiger partial charge on any atom is 0.310 e. The molecule has 0 bridgehead atoms. The van der Waals surface area contributed by atoms with Crippen molar-refractivity contribution >= 4 is 17.6 Å². The molecule has 96 valence electrons. The molecule has 1 saturated carbocycles. The number of carbonyl (C=O) groups excluding carboxylic acids is 1. The molecule has 9 heteroatoms. The predicted octanol–water partition coefficient (Wildman–Crippen LogP) is 0.467. The summed E-state index contributed by atoms with van der Waals surface area (Å²) in [6.07, 6.45) is -0.389. The molecule has 4 unspecified atom stereocenters. The average molecular weight is 267 g/mol. The van der Waals surface area contributed by atoms with Crippen LogP contribution in [0.5, 0.6) is 0 Å². The maximum absolute atomic E-state index is 11.4. The van der Waals surface area contributed by atoms with E-state index in [1.807, 2.05) is 0 Å². The minimum absolute atomic E-state index is 0.127. The molecule has 0 spiro atoms. The first-order valence-electron chi connectivity index (χ1n) is 4.87. The van der Waals surface area contributed by atoms with Crippen LogP contribution in [-0.2, 0) is 9.53 Å². The fourth-order valence-corrected chi connectivity index (χ4v) is 2.35. The van der Waals surface area contributed by atoms with Gasteiger partial charge in [-0.05, 0) is 0 Å². The van der Waals surface area contributed by atoms with Gasteiger partial charge in [-0.1, -0.05) is 0 Å². The summed E-state index contributed by atoms with van der Waals surface area (Å²) in [5, 5.41) is 20.3. The van der Waals surface area contributed by atoms with Gasteiger partial charge in [0.25, 0.3) is 0 Å². The number of ether oxygens (including phenoxy) is 1. The van der Waals surface area contributed by atoms with Crippen LogP contribution in [0.1, 0.15) is 12.8 Å². The fourth-order valence-electron chi connectivity index (χ4n) is 1.95. The van der Waals surface area contributed by atoms with Crippen molar-refractivity contribution in [1.82, 2.24) is 0 Å². The van der Waals surface area contributed by atoms with Gasteiger partial charge in [-0.3, -0.25) is 25.0 Å². The lowest BCUT2D eigenvalue weighted by Gasteiger charge is -2.28. The van der Waals surface area contributed by atoms with Crippen LogP contribution in [0.2, 0.25) is 0 Å². The van der Waals surface area contributed by atoms with Gasteiger partial charge in [0.05, 0.1) is 19.4 Å². The molecule has 1 aliphatic rings. The molecule has 1 fully saturated rings. The third kappa shape index (κ3) is 2.82. The molecule has 1 aliphatic carbocycles. The van der Waals surface area contributed by atoms with Crippen LogP contribution >= 0.6 is 11.6 Å². The summed E-state index contributed by atoms with van der Waals surface area (Å²) in [7, 11) is 1.11. The Kier molecular flexibility index (Phi) is 4.22. The molecule has 0 aliphatic heterocycles. The third-order valence-corrected chi connectivity index (χ3v) is 3.46. The van der Waals surface area contributed by atoms with Crippen molar-refractivity contribution in [3.63, 3.8) is 0 Å². The molecule has 0 saturated heterocycles. The second-order valence-electron chi connectivity index (χ2n) is 3.84. The van der Waals surface area contributed by atoms with Gasteiger partial charge in [0.15, 0.2) is 0 Å². The summed E-state index contributed by atoms with van der Waals surface area (Å²) < 4.78 is 4.45. The van der Waals surface area contributed by atoms with Crippen LogP contribution in [0.4, 0.5) is 0 Å². The highest BCUT2D eigenvalue weighted by Gasteiger charge is 2.51. The van der Waals surface area contributed by atoms with Crippen LogP contribution in [0, 0.1) is 26.1 Å². The van der Waals surface area contributed by atoms with E-state index >= 15 is 0 Å². The fraction of sp³-hybridized carbons (Fsp3) is 0.875. The lowest BCUT2D eigenvalue weighted by atomic mass is 9.82. The Hall–Kier alpha value is -1.44. The average Bonchev–Trinajstić information content (AvgIpc) is 2.27. The Morgan fingerprint density at radius 3 is 2.29 bits per heavy atom. The predicted molar refractivity (Wildman–Crippen MR) is 55.9 cm³/mol.